The summed E-state index contributed by atoms with van der Waals surface area (Å²) in [6.45, 7) is 6.11. The van der Waals surface area contributed by atoms with E-state index < -0.39 is 14.3 Å². The van der Waals surface area contributed by atoms with E-state index in [4.69, 9.17) is 0 Å². The summed E-state index contributed by atoms with van der Waals surface area (Å²) in [6, 6.07) is 8.49. The standard InChI is InChI=1S/C13H16BrNO2S/c1-12(2,3)13(14)11(15-13)9-18(16,17)10-7-5-4-6-8-10/h4-8H,9H2,1-3H3. The molecule has 2 rings (SSSR count). The Bertz CT molecular complexity index is 587. The molecule has 0 aromatic heterocycles. The number of benzene rings is 1. The highest BCUT2D eigenvalue weighted by atomic mass is 79.9. The summed E-state index contributed by atoms with van der Waals surface area (Å²) < 4.78 is 23.9. The first-order chi connectivity index (χ1) is 8.17. The first kappa shape index (κ1) is 13.7. The molecule has 1 unspecified atom stereocenters. The van der Waals surface area contributed by atoms with Crippen LogP contribution in [-0.2, 0) is 9.84 Å². The SMILES string of the molecule is CC(C)(C)C1(Br)N=C1CS(=O)(=O)c1ccccc1. The van der Waals surface area contributed by atoms with Gasteiger partial charge in [-0.25, -0.2) is 8.42 Å². The zero-order valence-corrected chi connectivity index (χ0v) is 13.0. The second kappa shape index (κ2) is 4.17. The van der Waals surface area contributed by atoms with Crippen LogP contribution in [0.2, 0.25) is 0 Å². The molecule has 1 heterocycles. The van der Waals surface area contributed by atoms with Gasteiger partial charge >= 0.3 is 0 Å². The summed E-state index contributed by atoms with van der Waals surface area (Å²) in [4.78, 5) is 4.67. The van der Waals surface area contributed by atoms with Crippen molar-refractivity contribution in [2.24, 2.45) is 10.4 Å². The van der Waals surface area contributed by atoms with Gasteiger partial charge in [0.05, 0.1) is 16.4 Å². The third-order valence-electron chi connectivity index (χ3n) is 3.04. The fourth-order valence-electron chi connectivity index (χ4n) is 1.78. The van der Waals surface area contributed by atoms with Crippen molar-refractivity contribution < 1.29 is 8.42 Å². The van der Waals surface area contributed by atoms with E-state index in [1.165, 1.54) is 0 Å². The van der Waals surface area contributed by atoms with Crippen LogP contribution in [0.3, 0.4) is 0 Å². The minimum atomic E-state index is -3.29. The maximum Gasteiger partial charge on any atom is 0.183 e. The number of sulfone groups is 1. The van der Waals surface area contributed by atoms with Crippen LogP contribution in [-0.4, -0.2) is 24.3 Å². The molecular weight excluding hydrogens is 314 g/mol. The minimum Gasteiger partial charge on any atom is -0.265 e. The van der Waals surface area contributed by atoms with E-state index in [0.29, 0.717) is 10.6 Å². The molecule has 18 heavy (non-hydrogen) atoms. The van der Waals surface area contributed by atoms with Gasteiger partial charge in [-0.05, 0) is 12.1 Å². The maximum atomic E-state index is 12.2. The smallest absolute Gasteiger partial charge is 0.183 e. The van der Waals surface area contributed by atoms with Crippen molar-refractivity contribution in [3.8, 4) is 0 Å². The number of nitrogens with zero attached hydrogens (tertiary/aromatic N) is 1. The summed E-state index contributed by atoms with van der Waals surface area (Å²) in [5.74, 6) is -0.0144. The predicted molar refractivity (Wildman–Crippen MR) is 77.0 cm³/mol. The van der Waals surface area contributed by atoms with E-state index in [2.05, 4.69) is 20.9 Å². The highest BCUT2D eigenvalue weighted by Gasteiger charge is 2.54. The van der Waals surface area contributed by atoms with E-state index >= 15 is 0 Å². The third kappa shape index (κ3) is 2.38. The Kier molecular flexibility index (Phi) is 3.18. The third-order valence-corrected chi connectivity index (χ3v) is 6.51. The predicted octanol–water partition coefficient (Wildman–Crippen LogP) is 3.05. The lowest BCUT2D eigenvalue weighted by atomic mass is 9.89. The van der Waals surface area contributed by atoms with E-state index in [9.17, 15) is 8.42 Å². The molecule has 5 heteroatoms. The number of alkyl halides is 1. The molecule has 1 atom stereocenters. The topological polar surface area (TPSA) is 46.5 Å². The first-order valence-electron chi connectivity index (χ1n) is 5.73. The molecule has 0 spiro atoms. The van der Waals surface area contributed by atoms with Gasteiger partial charge in [0.15, 0.2) is 14.3 Å². The van der Waals surface area contributed by atoms with Gasteiger partial charge < -0.3 is 0 Å². The highest BCUT2D eigenvalue weighted by molar-refractivity contribution is 9.10. The van der Waals surface area contributed by atoms with Crippen molar-refractivity contribution in [1.29, 1.82) is 0 Å². The fraction of sp³-hybridized carbons (Fsp3) is 0.462. The van der Waals surface area contributed by atoms with Gasteiger partial charge in [-0.2, -0.15) is 0 Å². The van der Waals surface area contributed by atoms with Gasteiger partial charge in [0.2, 0.25) is 0 Å². The van der Waals surface area contributed by atoms with Crippen LogP contribution >= 0.6 is 15.9 Å². The van der Waals surface area contributed by atoms with Crippen LogP contribution in [0, 0.1) is 5.41 Å². The van der Waals surface area contributed by atoms with E-state index in [1.54, 1.807) is 30.3 Å². The molecule has 1 aromatic rings. The van der Waals surface area contributed by atoms with Crippen molar-refractivity contribution >= 4 is 31.5 Å². The lowest BCUT2D eigenvalue weighted by molar-refractivity contribution is 0.395. The lowest BCUT2D eigenvalue weighted by Gasteiger charge is -2.24. The summed E-state index contributed by atoms with van der Waals surface area (Å²) in [5.41, 5.74) is 0.591. The van der Waals surface area contributed by atoms with Crippen LogP contribution in [0.4, 0.5) is 0 Å². The Hall–Kier alpha value is -0.680. The van der Waals surface area contributed by atoms with Crippen molar-refractivity contribution in [1.82, 2.24) is 0 Å². The van der Waals surface area contributed by atoms with Gasteiger partial charge in [0.1, 0.15) is 0 Å². The Balaban J connectivity index is 2.17. The van der Waals surface area contributed by atoms with Crippen molar-refractivity contribution in [2.45, 2.75) is 30.1 Å². The van der Waals surface area contributed by atoms with Crippen molar-refractivity contribution in [3.05, 3.63) is 30.3 Å². The molecule has 1 aliphatic heterocycles. The molecule has 0 saturated heterocycles. The molecule has 0 fully saturated rings. The monoisotopic (exact) mass is 329 g/mol. The number of hydrogen-bond acceptors (Lipinski definition) is 3. The van der Waals surface area contributed by atoms with Gasteiger partial charge in [0.25, 0.3) is 0 Å². The first-order valence-corrected chi connectivity index (χ1v) is 8.17. The van der Waals surface area contributed by atoms with Crippen LogP contribution in [0.5, 0.6) is 0 Å². The van der Waals surface area contributed by atoms with Gasteiger partial charge in [0, 0.05) is 5.41 Å². The molecular formula is C13H16BrNO2S. The highest BCUT2D eigenvalue weighted by Crippen LogP contribution is 2.50. The Morgan fingerprint density at radius 3 is 2.22 bits per heavy atom. The molecule has 0 aliphatic carbocycles. The van der Waals surface area contributed by atoms with Crippen LogP contribution < -0.4 is 0 Å². The number of hydrogen-bond donors (Lipinski definition) is 0. The second-order valence-corrected chi connectivity index (χ2v) is 8.64. The number of aliphatic imine (C=N–C) groups is 1. The number of rotatable bonds is 3. The molecule has 0 N–H and O–H groups in total. The maximum absolute atomic E-state index is 12.2. The number of halogens is 1. The molecule has 98 valence electrons. The minimum absolute atomic E-state index is 0.0144. The molecule has 0 amide bonds. The Morgan fingerprint density at radius 2 is 1.78 bits per heavy atom. The lowest BCUT2D eigenvalue weighted by Crippen LogP contribution is -2.31. The summed E-state index contributed by atoms with van der Waals surface area (Å²) >= 11 is 3.53. The fourth-order valence-corrected chi connectivity index (χ4v) is 3.69. The van der Waals surface area contributed by atoms with Gasteiger partial charge in [-0.3, -0.25) is 4.99 Å². The zero-order chi connectivity index (χ0) is 13.6. The van der Waals surface area contributed by atoms with E-state index in [1.807, 2.05) is 20.8 Å². The Labute approximate surface area is 116 Å². The molecule has 3 nitrogen and oxygen atoms in total. The van der Waals surface area contributed by atoms with Gasteiger partial charge in [-0.15, -0.1) is 0 Å². The quantitative estimate of drug-likeness (QED) is 0.632. The van der Waals surface area contributed by atoms with Crippen molar-refractivity contribution in [2.75, 3.05) is 5.75 Å². The van der Waals surface area contributed by atoms with Gasteiger partial charge in [-0.1, -0.05) is 54.9 Å². The molecule has 1 aromatic carbocycles. The summed E-state index contributed by atoms with van der Waals surface area (Å²) in [6.07, 6.45) is 0. The average molecular weight is 330 g/mol. The molecule has 0 bridgehead atoms. The average Bonchev–Trinajstić information content (AvgIpc) is 2.90. The van der Waals surface area contributed by atoms with E-state index in [0.717, 1.165) is 0 Å². The summed E-state index contributed by atoms with van der Waals surface area (Å²) in [5, 5.41) is 0. The summed E-state index contributed by atoms with van der Waals surface area (Å²) in [7, 11) is -3.29. The Morgan fingerprint density at radius 1 is 1.22 bits per heavy atom. The zero-order valence-electron chi connectivity index (χ0n) is 10.6. The largest absolute Gasteiger partial charge is 0.265 e. The van der Waals surface area contributed by atoms with Crippen LogP contribution in [0.25, 0.3) is 0 Å². The normalized spacial score (nSPS) is 23.7. The van der Waals surface area contributed by atoms with Crippen LogP contribution in [0.15, 0.2) is 40.2 Å². The molecule has 1 aliphatic rings. The second-order valence-electron chi connectivity index (χ2n) is 5.50. The van der Waals surface area contributed by atoms with Crippen LogP contribution in [0.1, 0.15) is 20.8 Å². The van der Waals surface area contributed by atoms with E-state index in [-0.39, 0.29) is 11.2 Å². The van der Waals surface area contributed by atoms with Crippen molar-refractivity contribution in [3.63, 3.8) is 0 Å². The molecule has 0 radical (unpaired) electrons. The molecule has 0 saturated carbocycles.